The topological polar surface area (TPSA) is 114 Å². The number of aryl methyl sites for hydroxylation is 1. The number of hydrogen-bond acceptors (Lipinski definition) is 6. The Morgan fingerprint density at radius 2 is 1.92 bits per heavy atom. The highest BCUT2D eigenvalue weighted by atomic mass is 79.9. The van der Waals surface area contributed by atoms with Gasteiger partial charge in [-0.2, -0.15) is 5.26 Å². The van der Waals surface area contributed by atoms with Gasteiger partial charge in [-0.05, 0) is 76.8 Å². The normalized spacial score (nSPS) is 10.9. The van der Waals surface area contributed by atoms with Crippen LogP contribution >= 0.6 is 15.9 Å². The van der Waals surface area contributed by atoms with Crippen LogP contribution in [0.25, 0.3) is 6.08 Å². The van der Waals surface area contributed by atoms with Crippen molar-refractivity contribution in [3.05, 3.63) is 97.3 Å². The minimum atomic E-state index is -0.716. The number of nitro benzene ring substituents is 1. The van der Waals surface area contributed by atoms with Crippen molar-refractivity contribution in [1.29, 1.82) is 5.26 Å². The summed E-state index contributed by atoms with van der Waals surface area (Å²) >= 11 is 3.45. The second-order valence-electron chi connectivity index (χ2n) is 7.56. The van der Waals surface area contributed by atoms with E-state index in [2.05, 4.69) is 21.2 Å². The Hall–Kier alpha value is -4.23. The van der Waals surface area contributed by atoms with Crippen LogP contribution in [0.15, 0.2) is 64.6 Å². The fraction of sp³-hybridized carbons (Fsp3) is 0.154. The highest BCUT2D eigenvalue weighted by Crippen LogP contribution is 2.38. The number of rotatable bonds is 9. The van der Waals surface area contributed by atoms with E-state index in [1.807, 2.05) is 6.07 Å². The van der Waals surface area contributed by atoms with Crippen molar-refractivity contribution in [2.45, 2.75) is 20.5 Å². The molecule has 184 valence electrons. The second kappa shape index (κ2) is 12.0. The van der Waals surface area contributed by atoms with Crippen molar-refractivity contribution in [2.24, 2.45) is 0 Å². The molecule has 1 amide bonds. The van der Waals surface area contributed by atoms with Gasteiger partial charge in [0, 0.05) is 12.1 Å². The standard InChI is InChI=1S/C26H21BrFN3O5/c1-3-35-24-12-18(11-22(27)25(24)36-15-17-5-7-20(28)8-6-17)10-19(14-29)26(32)30-23-13-21(31(33)34)9-4-16(23)2/h4-13H,3,15H2,1-2H3,(H,30,32)/b19-10+. The van der Waals surface area contributed by atoms with E-state index in [1.54, 1.807) is 38.1 Å². The van der Waals surface area contributed by atoms with Crippen molar-refractivity contribution in [1.82, 2.24) is 0 Å². The van der Waals surface area contributed by atoms with Crippen LogP contribution < -0.4 is 14.8 Å². The van der Waals surface area contributed by atoms with E-state index < -0.39 is 10.8 Å². The number of non-ortho nitro benzene ring substituents is 1. The van der Waals surface area contributed by atoms with Gasteiger partial charge in [-0.25, -0.2) is 4.39 Å². The lowest BCUT2D eigenvalue weighted by molar-refractivity contribution is -0.384. The van der Waals surface area contributed by atoms with Crippen LogP contribution in [0.3, 0.4) is 0 Å². The largest absolute Gasteiger partial charge is 0.490 e. The molecule has 3 rings (SSSR count). The Bertz CT molecular complexity index is 1370. The monoisotopic (exact) mass is 553 g/mol. The SMILES string of the molecule is CCOc1cc(/C=C(\C#N)C(=O)Nc2cc([N+](=O)[O-])ccc2C)cc(Br)c1OCc1ccc(F)cc1. The summed E-state index contributed by atoms with van der Waals surface area (Å²) in [6.45, 7) is 3.99. The van der Waals surface area contributed by atoms with Crippen LogP contribution in [-0.4, -0.2) is 17.4 Å². The van der Waals surface area contributed by atoms with E-state index in [-0.39, 0.29) is 29.4 Å². The number of nitrogens with one attached hydrogen (secondary N) is 1. The van der Waals surface area contributed by atoms with E-state index in [1.165, 1.54) is 36.4 Å². The van der Waals surface area contributed by atoms with Crippen molar-refractivity contribution < 1.29 is 23.6 Å². The molecule has 0 heterocycles. The van der Waals surface area contributed by atoms with Gasteiger partial charge in [0.25, 0.3) is 11.6 Å². The third kappa shape index (κ3) is 6.67. The summed E-state index contributed by atoms with van der Waals surface area (Å²) in [4.78, 5) is 23.2. The first kappa shape index (κ1) is 26.4. The number of nitrogens with zero attached hydrogens (tertiary/aromatic N) is 2. The summed E-state index contributed by atoms with van der Waals surface area (Å²) in [5, 5.41) is 23.2. The number of ether oxygens (including phenoxy) is 2. The van der Waals surface area contributed by atoms with Crippen molar-refractivity contribution >= 4 is 39.3 Å². The van der Waals surface area contributed by atoms with Crippen LogP contribution in [-0.2, 0) is 11.4 Å². The number of halogens is 2. The maximum atomic E-state index is 13.2. The first-order valence-electron chi connectivity index (χ1n) is 10.7. The molecule has 0 saturated carbocycles. The molecule has 8 nitrogen and oxygen atoms in total. The van der Waals surface area contributed by atoms with Crippen LogP contribution in [0.4, 0.5) is 15.8 Å². The molecule has 3 aromatic rings. The smallest absolute Gasteiger partial charge is 0.271 e. The molecule has 1 N–H and O–H groups in total. The lowest BCUT2D eigenvalue weighted by atomic mass is 10.1. The summed E-state index contributed by atoms with van der Waals surface area (Å²) in [6.07, 6.45) is 1.37. The maximum absolute atomic E-state index is 13.2. The van der Waals surface area contributed by atoms with E-state index in [9.17, 15) is 24.6 Å². The fourth-order valence-electron chi connectivity index (χ4n) is 3.17. The van der Waals surface area contributed by atoms with Crippen LogP contribution in [0, 0.1) is 34.2 Å². The fourth-order valence-corrected chi connectivity index (χ4v) is 3.75. The van der Waals surface area contributed by atoms with E-state index in [0.717, 1.165) is 5.56 Å². The average molecular weight is 554 g/mol. The van der Waals surface area contributed by atoms with E-state index in [0.29, 0.717) is 33.7 Å². The van der Waals surface area contributed by atoms with Gasteiger partial charge in [0.15, 0.2) is 11.5 Å². The highest BCUT2D eigenvalue weighted by Gasteiger charge is 2.16. The molecule has 36 heavy (non-hydrogen) atoms. The summed E-state index contributed by atoms with van der Waals surface area (Å²) in [7, 11) is 0. The number of anilines is 1. The molecular weight excluding hydrogens is 533 g/mol. The number of amides is 1. The number of nitriles is 1. The van der Waals surface area contributed by atoms with Crippen molar-refractivity contribution in [3.8, 4) is 17.6 Å². The van der Waals surface area contributed by atoms with Crippen molar-refractivity contribution in [2.75, 3.05) is 11.9 Å². The predicted molar refractivity (Wildman–Crippen MR) is 136 cm³/mol. The van der Waals surface area contributed by atoms with Crippen LogP contribution in [0.1, 0.15) is 23.6 Å². The third-order valence-corrected chi connectivity index (χ3v) is 5.57. The van der Waals surface area contributed by atoms with Crippen LogP contribution in [0.2, 0.25) is 0 Å². The molecule has 0 aliphatic rings. The quantitative estimate of drug-likeness (QED) is 0.143. The Kier molecular flexibility index (Phi) is 8.76. The van der Waals surface area contributed by atoms with Gasteiger partial charge in [0.2, 0.25) is 0 Å². The third-order valence-electron chi connectivity index (χ3n) is 4.98. The molecule has 0 aromatic heterocycles. The number of nitro groups is 1. The Morgan fingerprint density at radius 1 is 1.19 bits per heavy atom. The van der Waals surface area contributed by atoms with Gasteiger partial charge in [-0.3, -0.25) is 14.9 Å². The molecule has 0 fully saturated rings. The van der Waals surface area contributed by atoms with Gasteiger partial charge in [0.1, 0.15) is 24.1 Å². The molecular formula is C26H21BrFN3O5. The van der Waals surface area contributed by atoms with Gasteiger partial charge >= 0.3 is 0 Å². The number of carbonyl (C=O) groups excluding carboxylic acids is 1. The van der Waals surface area contributed by atoms with Crippen LogP contribution in [0.5, 0.6) is 11.5 Å². The summed E-state index contributed by atoms with van der Waals surface area (Å²) in [5.74, 6) is -0.267. The second-order valence-corrected chi connectivity index (χ2v) is 8.41. The summed E-state index contributed by atoms with van der Waals surface area (Å²) in [5.41, 5.74) is 1.69. The van der Waals surface area contributed by atoms with E-state index in [4.69, 9.17) is 9.47 Å². The molecule has 0 saturated heterocycles. The lowest BCUT2D eigenvalue weighted by Crippen LogP contribution is -2.14. The van der Waals surface area contributed by atoms with Gasteiger partial charge < -0.3 is 14.8 Å². The first-order chi connectivity index (χ1) is 17.2. The number of benzene rings is 3. The molecule has 0 aliphatic heterocycles. The molecule has 0 spiro atoms. The first-order valence-corrected chi connectivity index (χ1v) is 11.5. The van der Waals surface area contributed by atoms with E-state index >= 15 is 0 Å². The molecule has 0 atom stereocenters. The summed E-state index contributed by atoms with van der Waals surface area (Å²) in [6, 6.07) is 15.1. The minimum absolute atomic E-state index is 0.169. The predicted octanol–water partition coefficient (Wildman–Crippen LogP) is 6.33. The molecule has 0 unspecified atom stereocenters. The van der Waals surface area contributed by atoms with Gasteiger partial charge in [-0.15, -0.1) is 0 Å². The highest BCUT2D eigenvalue weighted by molar-refractivity contribution is 9.10. The number of carbonyl (C=O) groups is 1. The maximum Gasteiger partial charge on any atom is 0.271 e. The molecule has 0 aliphatic carbocycles. The van der Waals surface area contributed by atoms with Gasteiger partial charge in [0.05, 0.1) is 21.7 Å². The van der Waals surface area contributed by atoms with Crippen molar-refractivity contribution in [3.63, 3.8) is 0 Å². The molecule has 0 bridgehead atoms. The molecule has 0 radical (unpaired) electrons. The Balaban J connectivity index is 1.86. The minimum Gasteiger partial charge on any atom is -0.490 e. The van der Waals surface area contributed by atoms with Gasteiger partial charge in [-0.1, -0.05) is 18.2 Å². The summed E-state index contributed by atoms with van der Waals surface area (Å²) < 4.78 is 25.3. The average Bonchev–Trinajstić information content (AvgIpc) is 2.84. The Labute approximate surface area is 215 Å². The molecule has 3 aromatic carbocycles. The zero-order valence-corrected chi connectivity index (χ0v) is 21.0. The zero-order valence-electron chi connectivity index (χ0n) is 19.4. The Morgan fingerprint density at radius 3 is 2.56 bits per heavy atom. The molecule has 10 heteroatoms. The lowest BCUT2D eigenvalue weighted by Gasteiger charge is -2.15. The number of hydrogen-bond donors (Lipinski definition) is 1. The zero-order chi connectivity index (χ0) is 26.2.